The molecular weight excluding hydrogens is 289 g/mol. The van der Waals surface area contributed by atoms with Crippen molar-refractivity contribution in [3.63, 3.8) is 0 Å². The quantitative estimate of drug-likeness (QED) is 0.377. The summed E-state index contributed by atoms with van der Waals surface area (Å²) in [6, 6.07) is 0. The Labute approximate surface area is 93.2 Å². The van der Waals surface area contributed by atoms with Crippen molar-refractivity contribution in [2.24, 2.45) is 0 Å². The number of carboxylic acids is 2. The molecule has 11 heavy (non-hydrogen) atoms. The van der Waals surface area contributed by atoms with E-state index in [1.165, 1.54) is 0 Å². The van der Waals surface area contributed by atoms with Crippen molar-refractivity contribution >= 4 is 11.9 Å². The Hall–Kier alpha value is 0.392. The Balaban J connectivity index is -0.0000000125. The van der Waals surface area contributed by atoms with Crippen LogP contribution < -0.4 is 0 Å². The second-order valence-electron chi connectivity index (χ2n) is 0.610. The van der Waals surface area contributed by atoms with Crippen molar-refractivity contribution in [2.45, 2.75) is 0 Å². The van der Waals surface area contributed by atoms with Crippen molar-refractivity contribution in [1.82, 2.24) is 0 Å². The molecule has 0 spiro atoms. The van der Waals surface area contributed by atoms with Crippen LogP contribution in [-0.4, -0.2) is 33.1 Å². The maximum Gasteiger partial charge on any atom is 0.414 e. The van der Waals surface area contributed by atoms with Gasteiger partial charge in [-0.3, -0.25) is 0 Å². The Morgan fingerprint density at radius 3 is 1.00 bits per heavy atom. The van der Waals surface area contributed by atoms with Crippen LogP contribution in [0.5, 0.6) is 0 Å². The molecule has 1 radical (unpaired) electrons. The molecule has 0 saturated heterocycles. The van der Waals surface area contributed by atoms with E-state index in [4.69, 9.17) is 19.8 Å². The summed E-state index contributed by atoms with van der Waals surface area (Å²) in [7, 11) is 0. The monoisotopic (exact) mass is 295 g/mol. The fraction of sp³-hybridized carbons (Fsp3) is 0. The van der Waals surface area contributed by atoms with Gasteiger partial charge in [-0.05, 0) is 0 Å². The van der Waals surface area contributed by atoms with Gasteiger partial charge in [-0.2, -0.15) is 0 Å². The molecule has 0 aromatic heterocycles. The minimum absolute atomic E-state index is 0. The van der Waals surface area contributed by atoms with Gasteiger partial charge >= 0.3 is 11.9 Å². The van der Waals surface area contributed by atoms with Crippen LogP contribution in [0.3, 0.4) is 0 Å². The van der Waals surface area contributed by atoms with Crippen molar-refractivity contribution in [1.29, 1.82) is 0 Å². The third-order valence-electron chi connectivity index (χ3n) is 0.183. The van der Waals surface area contributed by atoms with Crippen LogP contribution in [0, 0.1) is 0 Å². The molecule has 6 nitrogen and oxygen atoms in total. The molecule has 0 fully saturated rings. The van der Waals surface area contributed by atoms with E-state index in [0.717, 1.165) is 0 Å². The van der Waals surface area contributed by atoms with Crippen LogP contribution in [-0.2, 0) is 60.2 Å². The van der Waals surface area contributed by atoms with Crippen molar-refractivity contribution in [3.05, 3.63) is 0 Å². The molecule has 0 atom stereocenters. The first kappa shape index (κ1) is 42.3. The molecule has 0 aliphatic heterocycles. The van der Waals surface area contributed by atoms with E-state index in [-0.39, 0.29) is 61.6 Å². The predicted molar refractivity (Wildman–Crippen MR) is 22.5 cm³/mol. The van der Waals surface area contributed by atoms with E-state index in [9.17, 15) is 0 Å². The standard InChI is InChI=1S/C2H2O4.Fe.Mn.Ni.2H2O/c3-1(4)2(5)6;;;;;/h(H,3,4)(H,5,6);;;;2*1H2. The van der Waals surface area contributed by atoms with Crippen molar-refractivity contribution in [3.8, 4) is 0 Å². The number of carboxylic acid groups (broad SMARTS) is 2. The molecule has 0 aliphatic rings. The smallest absolute Gasteiger partial charge is 0.414 e. The van der Waals surface area contributed by atoms with Crippen LogP contribution in [0.25, 0.3) is 0 Å². The van der Waals surface area contributed by atoms with Gasteiger partial charge in [0, 0.05) is 50.6 Å². The topological polar surface area (TPSA) is 138 Å². The summed E-state index contributed by atoms with van der Waals surface area (Å²) in [4.78, 5) is 18.2. The first-order valence-electron chi connectivity index (χ1n) is 1.11. The summed E-state index contributed by atoms with van der Waals surface area (Å²) >= 11 is 0. The molecule has 0 amide bonds. The molecule has 0 aromatic rings. The summed E-state index contributed by atoms with van der Waals surface area (Å²) in [6.07, 6.45) is 0. The van der Waals surface area contributed by atoms with Gasteiger partial charge in [0.25, 0.3) is 0 Å². The third-order valence-corrected chi connectivity index (χ3v) is 0.183. The Bertz CT molecular complexity index is 86.6. The Morgan fingerprint density at radius 2 is 1.00 bits per heavy atom. The summed E-state index contributed by atoms with van der Waals surface area (Å²) in [5, 5.41) is 14.8. The largest absolute Gasteiger partial charge is 0.473 e. The Kier molecular flexibility index (Phi) is 86.3. The van der Waals surface area contributed by atoms with Gasteiger partial charge in [0.1, 0.15) is 0 Å². The predicted octanol–water partition coefficient (Wildman–Crippen LogP) is -2.50. The van der Waals surface area contributed by atoms with Crippen LogP contribution in [0.4, 0.5) is 0 Å². The molecule has 0 aliphatic carbocycles. The fourth-order valence-electron chi connectivity index (χ4n) is 0. The molecule has 75 valence electrons. The maximum atomic E-state index is 9.10. The number of aliphatic carboxylic acids is 2. The second-order valence-corrected chi connectivity index (χ2v) is 0.610. The van der Waals surface area contributed by atoms with Crippen LogP contribution in [0.2, 0.25) is 0 Å². The molecule has 0 bridgehead atoms. The average molecular weight is 296 g/mol. The zero-order valence-electron chi connectivity index (χ0n) is 4.76. The van der Waals surface area contributed by atoms with E-state index >= 15 is 0 Å². The van der Waals surface area contributed by atoms with Crippen LogP contribution in [0.15, 0.2) is 0 Å². The fourth-order valence-corrected chi connectivity index (χ4v) is 0. The van der Waals surface area contributed by atoms with E-state index in [1.807, 2.05) is 0 Å². The summed E-state index contributed by atoms with van der Waals surface area (Å²) in [6.45, 7) is 0. The zero-order chi connectivity index (χ0) is 5.15. The van der Waals surface area contributed by atoms with E-state index in [1.54, 1.807) is 0 Å². The van der Waals surface area contributed by atoms with E-state index in [2.05, 4.69) is 0 Å². The van der Waals surface area contributed by atoms with Crippen LogP contribution >= 0.6 is 0 Å². The number of hydrogen-bond acceptors (Lipinski definition) is 2. The van der Waals surface area contributed by atoms with Gasteiger partial charge in [-0.15, -0.1) is 0 Å². The molecule has 0 aromatic carbocycles. The van der Waals surface area contributed by atoms with Gasteiger partial charge in [0.05, 0.1) is 0 Å². The van der Waals surface area contributed by atoms with E-state index in [0.29, 0.717) is 0 Å². The maximum absolute atomic E-state index is 9.10. The van der Waals surface area contributed by atoms with Crippen molar-refractivity contribution < 1.29 is 81.4 Å². The number of carbonyl (C=O) groups is 2. The van der Waals surface area contributed by atoms with Gasteiger partial charge < -0.3 is 21.2 Å². The minimum atomic E-state index is -1.82. The zero-order valence-corrected chi connectivity index (χ0v) is 8.03. The molecule has 0 saturated carbocycles. The molecule has 0 unspecified atom stereocenters. The third kappa shape index (κ3) is 37.9. The average Bonchev–Trinajstić information content (AvgIpc) is 1.36. The van der Waals surface area contributed by atoms with Gasteiger partial charge in [-0.25, -0.2) is 9.59 Å². The van der Waals surface area contributed by atoms with Gasteiger partial charge in [0.15, 0.2) is 0 Å². The van der Waals surface area contributed by atoms with Crippen LogP contribution in [0.1, 0.15) is 0 Å². The van der Waals surface area contributed by atoms with Gasteiger partial charge in [-0.1, -0.05) is 0 Å². The summed E-state index contributed by atoms with van der Waals surface area (Å²) in [5.41, 5.74) is 0. The second kappa shape index (κ2) is 22.4. The Morgan fingerprint density at radius 1 is 0.909 bits per heavy atom. The number of hydrogen-bond donors (Lipinski definition) is 2. The molecule has 0 heterocycles. The van der Waals surface area contributed by atoms with Gasteiger partial charge in [0.2, 0.25) is 0 Å². The summed E-state index contributed by atoms with van der Waals surface area (Å²) in [5.74, 6) is -3.65. The SMILES string of the molecule is O.O.O=C(O)C(=O)O.[Fe].[Mn].[Ni]. The minimum Gasteiger partial charge on any atom is -0.473 e. The number of rotatable bonds is 0. The molecule has 9 heteroatoms. The summed E-state index contributed by atoms with van der Waals surface area (Å²) < 4.78 is 0. The molecule has 6 N–H and O–H groups in total. The normalized spacial score (nSPS) is 4.00. The van der Waals surface area contributed by atoms with E-state index < -0.39 is 11.9 Å². The first-order valence-corrected chi connectivity index (χ1v) is 1.11. The molecular formula is C2H6FeMnNiO6. The first-order chi connectivity index (χ1) is 2.64. The van der Waals surface area contributed by atoms with Crippen molar-refractivity contribution in [2.75, 3.05) is 0 Å². The molecule has 0 rings (SSSR count).